The molecular formula is C12H21NO. The molecule has 80 valence electrons. The quantitative estimate of drug-likeness (QED) is 0.721. The number of aliphatic hydroxyl groups is 1. The lowest BCUT2D eigenvalue weighted by molar-refractivity contribution is 0.00792. The molecule has 1 N–H and O–H groups in total. The highest BCUT2D eigenvalue weighted by molar-refractivity contribution is 5.00. The Morgan fingerprint density at radius 2 is 1.93 bits per heavy atom. The highest BCUT2D eigenvalue weighted by atomic mass is 16.3. The maximum atomic E-state index is 8.99. The zero-order chi connectivity index (χ0) is 9.54. The topological polar surface area (TPSA) is 23.5 Å². The van der Waals surface area contributed by atoms with E-state index in [2.05, 4.69) is 4.90 Å². The number of nitrogens with zero attached hydrogens (tertiary/aromatic N) is 1. The van der Waals surface area contributed by atoms with Gasteiger partial charge in [-0.1, -0.05) is 0 Å². The molecule has 0 spiro atoms. The van der Waals surface area contributed by atoms with Crippen LogP contribution >= 0.6 is 0 Å². The Morgan fingerprint density at radius 1 is 1.14 bits per heavy atom. The summed E-state index contributed by atoms with van der Waals surface area (Å²) in [6, 6.07) is 0.902. The van der Waals surface area contributed by atoms with Crippen LogP contribution in [0.15, 0.2) is 0 Å². The first-order valence-corrected chi connectivity index (χ1v) is 6.23. The molecule has 3 saturated heterocycles. The number of aliphatic hydroxyl groups excluding tert-OH is 1. The second-order valence-electron chi connectivity index (χ2n) is 5.45. The van der Waals surface area contributed by atoms with Crippen LogP contribution in [-0.4, -0.2) is 35.7 Å². The molecule has 1 aliphatic carbocycles. The zero-order valence-electron chi connectivity index (χ0n) is 8.86. The lowest BCUT2D eigenvalue weighted by atomic mass is 9.75. The van der Waals surface area contributed by atoms with E-state index in [4.69, 9.17) is 5.11 Å². The van der Waals surface area contributed by atoms with Crippen molar-refractivity contribution in [2.75, 3.05) is 19.7 Å². The molecule has 3 atom stereocenters. The average molecular weight is 195 g/mol. The summed E-state index contributed by atoms with van der Waals surface area (Å²) in [5.41, 5.74) is 0. The van der Waals surface area contributed by atoms with Crippen molar-refractivity contribution in [3.8, 4) is 0 Å². The summed E-state index contributed by atoms with van der Waals surface area (Å²) in [7, 11) is 0. The molecule has 14 heavy (non-hydrogen) atoms. The van der Waals surface area contributed by atoms with Crippen LogP contribution in [0.1, 0.15) is 32.1 Å². The fourth-order valence-electron chi connectivity index (χ4n) is 4.18. The molecule has 3 heterocycles. The van der Waals surface area contributed by atoms with Crippen LogP contribution in [0.25, 0.3) is 0 Å². The van der Waals surface area contributed by atoms with Crippen LogP contribution in [-0.2, 0) is 0 Å². The third-order valence-electron chi connectivity index (χ3n) is 4.86. The number of fused-ring (bicyclic) bond motifs is 2. The first-order valence-electron chi connectivity index (χ1n) is 6.23. The SMILES string of the molecule is OCCC1CC2C3CCN(CC3)C2C1. The predicted octanol–water partition coefficient (Wildman–Crippen LogP) is 1.49. The maximum Gasteiger partial charge on any atom is 0.0433 e. The molecule has 2 bridgehead atoms. The highest BCUT2D eigenvalue weighted by Crippen LogP contribution is 2.48. The Labute approximate surface area is 86.3 Å². The summed E-state index contributed by atoms with van der Waals surface area (Å²) in [5.74, 6) is 2.86. The minimum absolute atomic E-state index is 0.398. The van der Waals surface area contributed by atoms with E-state index in [9.17, 15) is 0 Å². The lowest BCUT2D eigenvalue weighted by Crippen LogP contribution is -2.52. The molecule has 0 aromatic carbocycles. The molecule has 0 amide bonds. The summed E-state index contributed by atoms with van der Waals surface area (Å²) in [6.07, 6.45) is 6.74. The monoisotopic (exact) mass is 195 g/mol. The molecule has 4 rings (SSSR count). The van der Waals surface area contributed by atoms with Gasteiger partial charge in [-0.3, -0.25) is 0 Å². The Bertz CT molecular complexity index is 190. The van der Waals surface area contributed by atoms with Crippen molar-refractivity contribution in [2.24, 2.45) is 17.8 Å². The van der Waals surface area contributed by atoms with Gasteiger partial charge in [-0.2, -0.15) is 0 Å². The van der Waals surface area contributed by atoms with Crippen LogP contribution < -0.4 is 0 Å². The van der Waals surface area contributed by atoms with Crippen LogP contribution in [0.2, 0.25) is 0 Å². The van der Waals surface area contributed by atoms with Crippen molar-refractivity contribution in [3.05, 3.63) is 0 Å². The van der Waals surface area contributed by atoms with Crippen LogP contribution in [0.4, 0.5) is 0 Å². The highest BCUT2D eigenvalue weighted by Gasteiger charge is 2.47. The molecule has 1 saturated carbocycles. The van der Waals surface area contributed by atoms with Crippen molar-refractivity contribution in [1.82, 2.24) is 4.90 Å². The Hall–Kier alpha value is -0.0800. The molecular weight excluding hydrogens is 174 g/mol. The zero-order valence-corrected chi connectivity index (χ0v) is 8.86. The molecule has 3 unspecified atom stereocenters. The number of hydrogen-bond donors (Lipinski definition) is 1. The van der Waals surface area contributed by atoms with E-state index < -0.39 is 0 Å². The summed E-state index contributed by atoms with van der Waals surface area (Å²) >= 11 is 0. The van der Waals surface area contributed by atoms with Crippen molar-refractivity contribution in [1.29, 1.82) is 0 Å². The second-order valence-corrected chi connectivity index (χ2v) is 5.45. The Balaban J connectivity index is 1.71. The second kappa shape index (κ2) is 3.49. The Morgan fingerprint density at radius 3 is 2.57 bits per heavy atom. The van der Waals surface area contributed by atoms with Gasteiger partial charge >= 0.3 is 0 Å². The summed E-state index contributed by atoms with van der Waals surface area (Å²) < 4.78 is 0. The van der Waals surface area contributed by atoms with E-state index in [1.54, 1.807) is 0 Å². The molecule has 0 radical (unpaired) electrons. The molecule has 0 aromatic rings. The van der Waals surface area contributed by atoms with E-state index in [0.29, 0.717) is 6.61 Å². The van der Waals surface area contributed by atoms with Gasteiger partial charge in [-0.15, -0.1) is 0 Å². The van der Waals surface area contributed by atoms with Crippen molar-refractivity contribution < 1.29 is 5.11 Å². The van der Waals surface area contributed by atoms with E-state index in [1.165, 1.54) is 38.8 Å². The average Bonchev–Trinajstić information content (AvgIpc) is 2.65. The van der Waals surface area contributed by atoms with Gasteiger partial charge in [-0.25, -0.2) is 0 Å². The molecule has 4 aliphatic rings. The van der Waals surface area contributed by atoms with E-state index in [1.807, 2.05) is 0 Å². The van der Waals surface area contributed by atoms with Gasteiger partial charge in [0.1, 0.15) is 0 Å². The third kappa shape index (κ3) is 1.31. The van der Waals surface area contributed by atoms with Gasteiger partial charge in [0.2, 0.25) is 0 Å². The Kier molecular flexibility index (Phi) is 2.29. The number of rotatable bonds is 2. The number of hydrogen-bond acceptors (Lipinski definition) is 2. The minimum Gasteiger partial charge on any atom is -0.396 e. The maximum absolute atomic E-state index is 8.99. The van der Waals surface area contributed by atoms with Gasteiger partial charge in [0, 0.05) is 12.6 Å². The number of piperidine rings is 3. The van der Waals surface area contributed by atoms with Gasteiger partial charge in [0.05, 0.1) is 0 Å². The van der Waals surface area contributed by atoms with Crippen molar-refractivity contribution in [3.63, 3.8) is 0 Å². The van der Waals surface area contributed by atoms with Gasteiger partial charge in [0.15, 0.2) is 0 Å². The normalized spacial score (nSPS) is 50.8. The van der Waals surface area contributed by atoms with Crippen LogP contribution in [0.3, 0.4) is 0 Å². The minimum atomic E-state index is 0.398. The van der Waals surface area contributed by atoms with E-state index >= 15 is 0 Å². The van der Waals surface area contributed by atoms with Gasteiger partial charge in [-0.05, 0) is 62.9 Å². The fraction of sp³-hybridized carbons (Fsp3) is 1.00. The van der Waals surface area contributed by atoms with Gasteiger partial charge in [0.25, 0.3) is 0 Å². The molecule has 3 aliphatic heterocycles. The summed E-state index contributed by atoms with van der Waals surface area (Å²) in [6.45, 7) is 3.12. The predicted molar refractivity (Wildman–Crippen MR) is 56.0 cm³/mol. The first kappa shape index (κ1) is 9.17. The van der Waals surface area contributed by atoms with E-state index in [0.717, 1.165) is 30.2 Å². The van der Waals surface area contributed by atoms with Crippen molar-refractivity contribution >= 4 is 0 Å². The molecule has 2 nitrogen and oxygen atoms in total. The molecule has 0 aromatic heterocycles. The standard InChI is InChI=1S/C12H21NO/c14-6-3-9-7-11-10-1-4-13(5-2-10)12(11)8-9/h9-12,14H,1-8H2. The smallest absolute Gasteiger partial charge is 0.0433 e. The van der Waals surface area contributed by atoms with E-state index in [-0.39, 0.29) is 0 Å². The lowest BCUT2D eigenvalue weighted by Gasteiger charge is -2.48. The van der Waals surface area contributed by atoms with Crippen LogP contribution in [0.5, 0.6) is 0 Å². The van der Waals surface area contributed by atoms with Gasteiger partial charge < -0.3 is 10.0 Å². The van der Waals surface area contributed by atoms with Crippen LogP contribution in [0, 0.1) is 17.8 Å². The summed E-state index contributed by atoms with van der Waals surface area (Å²) in [5, 5.41) is 8.99. The third-order valence-corrected chi connectivity index (χ3v) is 4.86. The largest absolute Gasteiger partial charge is 0.396 e. The molecule has 4 fully saturated rings. The fourth-order valence-corrected chi connectivity index (χ4v) is 4.18. The van der Waals surface area contributed by atoms with Crippen molar-refractivity contribution in [2.45, 2.75) is 38.1 Å². The molecule has 2 heteroatoms. The first-order chi connectivity index (χ1) is 6.88. The summed E-state index contributed by atoms with van der Waals surface area (Å²) in [4.78, 5) is 2.72.